The molecule has 0 atom stereocenters. The second-order valence-electron chi connectivity index (χ2n) is 3.34. The number of nitro benzene ring substituents is 1. The number of carbonyl (C=O) groups excluding carboxylic acids is 1. The number of methoxy groups -OCH3 is 1. The molecule has 0 radical (unpaired) electrons. The molecule has 7 heteroatoms. The van der Waals surface area contributed by atoms with Crippen LogP contribution in [0.3, 0.4) is 0 Å². The zero-order valence-corrected chi connectivity index (χ0v) is 9.66. The minimum absolute atomic E-state index is 0.0934. The van der Waals surface area contributed by atoms with Gasteiger partial charge in [-0.3, -0.25) is 19.9 Å². The van der Waals surface area contributed by atoms with Gasteiger partial charge in [0.15, 0.2) is 0 Å². The van der Waals surface area contributed by atoms with E-state index in [1.165, 1.54) is 13.3 Å². The summed E-state index contributed by atoms with van der Waals surface area (Å²) in [5.74, 6) is -0.768. The van der Waals surface area contributed by atoms with Crippen molar-refractivity contribution >= 4 is 17.9 Å². The van der Waals surface area contributed by atoms with Gasteiger partial charge in [0.2, 0.25) is 0 Å². The average molecular weight is 251 g/mol. The van der Waals surface area contributed by atoms with Gasteiger partial charge in [-0.15, -0.1) is 0 Å². The quantitative estimate of drug-likeness (QED) is 0.330. The second-order valence-corrected chi connectivity index (χ2v) is 3.34. The molecule has 7 nitrogen and oxygen atoms in total. The average Bonchev–Trinajstić information content (AvgIpc) is 2.35. The fourth-order valence-corrected chi connectivity index (χ4v) is 1.17. The molecule has 0 spiro atoms. The van der Waals surface area contributed by atoms with Crippen molar-refractivity contribution in [1.82, 2.24) is 0 Å². The Balaban J connectivity index is 2.71. The van der Waals surface area contributed by atoms with Crippen LogP contribution in [-0.2, 0) is 9.53 Å². The van der Waals surface area contributed by atoms with Crippen molar-refractivity contribution in [2.24, 2.45) is 4.99 Å². The zero-order chi connectivity index (χ0) is 13.5. The van der Waals surface area contributed by atoms with Crippen LogP contribution in [0.4, 0.5) is 5.69 Å². The summed E-state index contributed by atoms with van der Waals surface area (Å²) in [6.07, 6.45) is 1.31. The van der Waals surface area contributed by atoms with Crippen molar-refractivity contribution in [2.75, 3.05) is 13.7 Å². The van der Waals surface area contributed by atoms with Crippen molar-refractivity contribution in [3.05, 3.63) is 33.9 Å². The second kappa shape index (κ2) is 6.33. The van der Waals surface area contributed by atoms with E-state index in [0.29, 0.717) is 0 Å². The SMILES string of the molecule is COC(=O)CCN=Cc1cc([N+](=O)[O-])ccc1[O-]. The predicted octanol–water partition coefficient (Wildman–Crippen LogP) is 0.650. The summed E-state index contributed by atoms with van der Waals surface area (Å²) in [6, 6.07) is 3.39. The maximum absolute atomic E-state index is 11.4. The summed E-state index contributed by atoms with van der Waals surface area (Å²) < 4.78 is 4.41. The van der Waals surface area contributed by atoms with Crippen molar-refractivity contribution < 1.29 is 19.6 Å². The van der Waals surface area contributed by atoms with E-state index in [0.717, 1.165) is 18.2 Å². The maximum atomic E-state index is 11.4. The summed E-state index contributed by atoms with van der Waals surface area (Å²) in [6.45, 7) is 0.162. The Hall–Kier alpha value is -2.44. The molecule has 0 saturated carbocycles. The van der Waals surface area contributed by atoms with Gasteiger partial charge < -0.3 is 9.84 Å². The molecule has 0 aliphatic carbocycles. The van der Waals surface area contributed by atoms with Crippen molar-refractivity contribution in [3.8, 4) is 5.75 Å². The van der Waals surface area contributed by atoms with Gasteiger partial charge in [-0.25, -0.2) is 0 Å². The highest BCUT2D eigenvalue weighted by Crippen LogP contribution is 2.19. The number of non-ortho nitro benzene ring substituents is 1. The van der Waals surface area contributed by atoms with Crippen LogP contribution in [0, 0.1) is 10.1 Å². The van der Waals surface area contributed by atoms with Gasteiger partial charge in [-0.2, -0.15) is 0 Å². The first kappa shape index (κ1) is 13.6. The molecule has 1 aromatic carbocycles. The van der Waals surface area contributed by atoms with Crippen LogP contribution < -0.4 is 5.11 Å². The van der Waals surface area contributed by atoms with Crippen LogP contribution in [-0.4, -0.2) is 30.8 Å². The number of carbonyl (C=O) groups is 1. The van der Waals surface area contributed by atoms with E-state index in [9.17, 15) is 20.0 Å². The summed E-state index contributed by atoms with van der Waals surface area (Å²) in [5.41, 5.74) is -0.0573. The van der Waals surface area contributed by atoms with E-state index in [1.807, 2.05) is 0 Å². The third kappa shape index (κ3) is 3.85. The van der Waals surface area contributed by atoms with Gasteiger partial charge in [0.05, 0.1) is 18.5 Å². The van der Waals surface area contributed by atoms with E-state index < -0.39 is 10.9 Å². The largest absolute Gasteiger partial charge is 0.872 e. The van der Waals surface area contributed by atoms with Gasteiger partial charge in [0.1, 0.15) is 0 Å². The molecule has 0 aromatic heterocycles. The molecule has 0 amide bonds. The number of hydrogen-bond acceptors (Lipinski definition) is 6. The predicted molar refractivity (Wildman–Crippen MR) is 61.6 cm³/mol. The van der Waals surface area contributed by atoms with Crippen LogP contribution in [0.5, 0.6) is 5.75 Å². The molecule has 0 aliphatic rings. The number of aliphatic imine (C=N–C) groups is 1. The Morgan fingerprint density at radius 2 is 2.28 bits per heavy atom. The molecule has 0 saturated heterocycles. The molecule has 1 aromatic rings. The molecule has 0 unspecified atom stereocenters. The van der Waals surface area contributed by atoms with Crippen LogP contribution in [0.25, 0.3) is 0 Å². The van der Waals surface area contributed by atoms with Crippen LogP contribution >= 0.6 is 0 Å². The minimum atomic E-state index is -0.592. The molecule has 0 N–H and O–H groups in total. The first-order chi connectivity index (χ1) is 8.54. The highest BCUT2D eigenvalue weighted by atomic mass is 16.6. The van der Waals surface area contributed by atoms with Gasteiger partial charge in [-0.05, 0) is 5.56 Å². The topological polar surface area (TPSA) is 105 Å². The fraction of sp³-hybridized carbons (Fsp3) is 0.273. The van der Waals surface area contributed by atoms with Gasteiger partial charge >= 0.3 is 5.97 Å². The lowest BCUT2D eigenvalue weighted by molar-refractivity contribution is -0.385. The number of rotatable bonds is 5. The number of hydrogen-bond donors (Lipinski definition) is 0. The lowest BCUT2D eigenvalue weighted by atomic mass is 10.2. The van der Waals surface area contributed by atoms with E-state index in [4.69, 9.17) is 0 Å². The molecule has 0 aliphatic heterocycles. The maximum Gasteiger partial charge on any atom is 0.307 e. The highest BCUT2D eigenvalue weighted by Gasteiger charge is 2.05. The Labute approximate surface area is 103 Å². The Kier molecular flexibility index (Phi) is 4.79. The number of ether oxygens (including phenoxy) is 1. The van der Waals surface area contributed by atoms with E-state index in [2.05, 4.69) is 9.73 Å². The summed E-state index contributed by atoms with van der Waals surface area (Å²) in [7, 11) is 1.27. The Morgan fingerprint density at radius 3 is 2.89 bits per heavy atom. The summed E-state index contributed by atoms with van der Waals surface area (Å²) in [5, 5.41) is 21.9. The zero-order valence-electron chi connectivity index (χ0n) is 9.66. The molecule has 0 fully saturated rings. The highest BCUT2D eigenvalue weighted by molar-refractivity contribution is 5.84. The van der Waals surface area contributed by atoms with E-state index in [-0.39, 0.29) is 30.0 Å². The molecule has 1 rings (SSSR count). The summed E-state index contributed by atoms with van der Waals surface area (Å²) in [4.78, 5) is 24.6. The normalized spacial score (nSPS) is 10.5. The first-order valence-corrected chi connectivity index (χ1v) is 5.06. The van der Waals surface area contributed by atoms with Crippen LogP contribution in [0.15, 0.2) is 23.2 Å². The standard InChI is InChI=1S/C11H12N2O5/c1-18-11(15)4-5-12-7-8-6-9(13(16)17)2-3-10(8)14/h2-3,6-7,14H,4-5H2,1H3/p-1. The van der Waals surface area contributed by atoms with Crippen molar-refractivity contribution in [3.63, 3.8) is 0 Å². The van der Waals surface area contributed by atoms with Crippen molar-refractivity contribution in [1.29, 1.82) is 0 Å². The Bertz CT molecular complexity index is 484. The Morgan fingerprint density at radius 1 is 1.56 bits per heavy atom. The van der Waals surface area contributed by atoms with Gasteiger partial charge in [0, 0.05) is 24.9 Å². The molecule has 96 valence electrons. The third-order valence-electron chi connectivity index (χ3n) is 2.11. The van der Waals surface area contributed by atoms with E-state index >= 15 is 0 Å². The minimum Gasteiger partial charge on any atom is -0.872 e. The smallest absolute Gasteiger partial charge is 0.307 e. The lowest BCUT2D eigenvalue weighted by Crippen LogP contribution is -2.02. The number of esters is 1. The molecule has 18 heavy (non-hydrogen) atoms. The molecule has 0 bridgehead atoms. The molecule has 0 heterocycles. The monoisotopic (exact) mass is 251 g/mol. The lowest BCUT2D eigenvalue weighted by Gasteiger charge is -2.08. The number of nitrogens with zero attached hydrogens (tertiary/aromatic N) is 2. The van der Waals surface area contributed by atoms with Crippen LogP contribution in [0.1, 0.15) is 12.0 Å². The summed E-state index contributed by atoms with van der Waals surface area (Å²) >= 11 is 0. The van der Waals surface area contributed by atoms with Gasteiger partial charge in [-0.1, -0.05) is 11.8 Å². The number of benzene rings is 1. The molecular formula is C11H11N2O5-. The fourth-order valence-electron chi connectivity index (χ4n) is 1.17. The number of nitro groups is 1. The van der Waals surface area contributed by atoms with E-state index in [1.54, 1.807) is 0 Å². The third-order valence-corrected chi connectivity index (χ3v) is 2.11. The van der Waals surface area contributed by atoms with Crippen molar-refractivity contribution in [2.45, 2.75) is 6.42 Å². The van der Waals surface area contributed by atoms with Gasteiger partial charge in [0.25, 0.3) is 5.69 Å². The van der Waals surface area contributed by atoms with Crippen LogP contribution in [0.2, 0.25) is 0 Å². The first-order valence-electron chi connectivity index (χ1n) is 5.06. The molecular weight excluding hydrogens is 240 g/mol.